The molecule has 3 heterocycles. The fourth-order valence-electron chi connectivity index (χ4n) is 6.23. The van der Waals surface area contributed by atoms with Crippen molar-refractivity contribution in [2.24, 2.45) is 5.41 Å². The van der Waals surface area contributed by atoms with Gasteiger partial charge in [0.05, 0.1) is 33.3 Å². The Bertz CT molecular complexity index is 2530. The van der Waals surface area contributed by atoms with E-state index in [1.165, 1.54) is 13.8 Å². The van der Waals surface area contributed by atoms with Crippen molar-refractivity contribution in [3.05, 3.63) is 83.9 Å². The van der Waals surface area contributed by atoms with Crippen molar-refractivity contribution in [1.82, 2.24) is 30.2 Å². The van der Waals surface area contributed by atoms with E-state index in [0.29, 0.717) is 16.7 Å². The molecule has 0 aliphatic carbocycles. The van der Waals surface area contributed by atoms with Crippen LogP contribution in [0.4, 0.5) is 5.82 Å². The Labute approximate surface area is 380 Å². The molecule has 360 valence electrons. The third kappa shape index (κ3) is 14.3. The van der Waals surface area contributed by atoms with Crippen LogP contribution in [0.1, 0.15) is 60.8 Å². The van der Waals surface area contributed by atoms with Gasteiger partial charge in [0, 0.05) is 41.8 Å². The van der Waals surface area contributed by atoms with Crippen molar-refractivity contribution in [2.45, 2.75) is 63.8 Å². The average molecular weight is 1000 g/mol. The largest absolute Gasteiger partial charge is 0.790 e. The number of nitrogens with zero attached hydrogens (tertiary/aromatic N) is 4. The van der Waals surface area contributed by atoms with E-state index in [2.05, 4.69) is 43.5 Å². The lowest BCUT2D eigenvalue weighted by Crippen LogP contribution is -2.46. The number of benzene rings is 2. The number of nitrogens with two attached hydrogens (primary N) is 1. The van der Waals surface area contributed by atoms with Gasteiger partial charge in [-0.25, -0.2) is 19.3 Å². The number of nitrogen functional groups attached to an aromatic ring is 1. The predicted octanol–water partition coefficient (Wildman–Crippen LogP) is -0.829. The number of rotatable bonds is 23. The van der Waals surface area contributed by atoms with Gasteiger partial charge in [-0.1, -0.05) is 81.1 Å². The van der Waals surface area contributed by atoms with Gasteiger partial charge in [-0.3, -0.25) is 32.9 Å². The standard InChI is InChI=1S/C37H48N7O18P3S/c1-21(23-10-7-11-24(16-23)28(46)22-8-5-4-6-9-22)36(50)66-15-14-39-26(45)12-13-40-34(49)31(48)37(2,3)18-59-65(56,57)62-64(54,55)58-17-25-30(61-63(51,52)53)29(47)35(60-25)44-20-43-27-32(38)41-19-42-33(27)44/h4-11,16,19-21,25,29-31,35,47-48H,12-15,17-18H2,1-3H3,(H,39,45)(H,40,49)(H,54,55)(H,56,57)(H2,38,41,42)(H2,51,52,53)/p-4/t21-,25?,29?,30?,31?,35?/m0/s1. The summed E-state index contributed by atoms with van der Waals surface area (Å²) in [6, 6.07) is 15.5. The molecule has 2 amide bonds. The van der Waals surface area contributed by atoms with Crippen molar-refractivity contribution >= 4 is 74.9 Å². The molecule has 6 N–H and O–H groups in total. The third-order valence-electron chi connectivity index (χ3n) is 9.76. The van der Waals surface area contributed by atoms with Gasteiger partial charge in [-0.15, -0.1) is 0 Å². The summed E-state index contributed by atoms with van der Waals surface area (Å²) in [5, 5.41) is 26.2. The Morgan fingerprint density at radius 1 is 0.955 bits per heavy atom. The van der Waals surface area contributed by atoms with E-state index in [4.69, 9.17) is 10.5 Å². The van der Waals surface area contributed by atoms with Crippen LogP contribution < -0.4 is 35.9 Å². The number of fused-ring (bicyclic) bond motifs is 1. The Morgan fingerprint density at radius 2 is 1.64 bits per heavy atom. The number of ketones is 1. The molecule has 2 aromatic carbocycles. The number of aliphatic hydroxyl groups excluding tert-OH is 2. The molecule has 29 heteroatoms. The highest BCUT2D eigenvalue weighted by Crippen LogP contribution is 2.56. The lowest BCUT2D eigenvalue weighted by molar-refractivity contribution is -0.347. The summed E-state index contributed by atoms with van der Waals surface area (Å²) in [6.07, 6.45) is -7.74. The van der Waals surface area contributed by atoms with Gasteiger partial charge < -0.3 is 69.0 Å². The number of aromatic nitrogens is 4. The summed E-state index contributed by atoms with van der Waals surface area (Å²) < 4.78 is 60.8. The SMILES string of the molecule is C[C@H](C(=O)SCCNC(=O)CCNC(=O)C(O)C(C)(C)COP(=O)([O-])OP(=O)([O-])OCC1OC(n2cnc3c(N)ncnc32)C(O)C1OP(=O)([O-])[O-])c1cccc(C(=O)c2ccccc2)c1. The number of carbonyl (C=O) groups is 4. The quantitative estimate of drug-likeness (QED) is 0.0344. The molecule has 0 bridgehead atoms. The van der Waals surface area contributed by atoms with Crippen LogP contribution in [-0.2, 0) is 50.7 Å². The van der Waals surface area contributed by atoms with Crippen LogP contribution in [0.25, 0.3) is 11.2 Å². The van der Waals surface area contributed by atoms with Gasteiger partial charge >= 0.3 is 0 Å². The summed E-state index contributed by atoms with van der Waals surface area (Å²) >= 11 is 0.987. The number of phosphoric acid groups is 3. The van der Waals surface area contributed by atoms with Gasteiger partial charge in [0.2, 0.25) is 11.8 Å². The smallest absolute Gasteiger partial charge is 0.274 e. The number of imidazole rings is 1. The van der Waals surface area contributed by atoms with Crippen LogP contribution in [0, 0.1) is 5.41 Å². The van der Waals surface area contributed by atoms with Gasteiger partial charge in [0.25, 0.3) is 15.6 Å². The number of hydrogen-bond donors (Lipinski definition) is 5. The van der Waals surface area contributed by atoms with E-state index >= 15 is 0 Å². The number of carbonyl (C=O) groups excluding carboxylic acids is 4. The second-order valence-electron chi connectivity index (χ2n) is 15.2. The molecule has 1 saturated heterocycles. The summed E-state index contributed by atoms with van der Waals surface area (Å²) in [4.78, 5) is 110. The van der Waals surface area contributed by atoms with Crippen molar-refractivity contribution in [3.63, 3.8) is 0 Å². The molecule has 1 aliphatic heterocycles. The lowest BCUT2D eigenvalue weighted by atomic mass is 9.87. The van der Waals surface area contributed by atoms with Gasteiger partial charge in [-0.05, 0) is 11.6 Å². The normalized spacial score (nSPS) is 20.5. The highest BCUT2D eigenvalue weighted by Gasteiger charge is 2.47. The number of nitrogens with one attached hydrogen (secondary N) is 2. The van der Waals surface area contributed by atoms with Gasteiger partial charge in [0.1, 0.15) is 36.3 Å². The van der Waals surface area contributed by atoms with Gasteiger partial charge in [0.15, 0.2) is 28.6 Å². The first kappa shape index (κ1) is 52.6. The molecule has 0 saturated carbocycles. The molecular weight excluding hydrogens is 955 g/mol. The fourth-order valence-corrected chi connectivity index (χ4v) is 9.75. The van der Waals surface area contributed by atoms with Crippen LogP contribution in [0.15, 0.2) is 67.3 Å². The molecule has 1 fully saturated rings. The second-order valence-corrected chi connectivity index (χ2v) is 20.4. The number of thioether (sulfide) groups is 1. The average Bonchev–Trinajstić information content (AvgIpc) is 3.82. The number of ether oxygens (including phenoxy) is 1. The van der Waals surface area contributed by atoms with Crippen LogP contribution in [0.3, 0.4) is 0 Å². The Morgan fingerprint density at radius 3 is 2.33 bits per heavy atom. The highest BCUT2D eigenvalue weighted by atomic mass is 32.2. The van der Waals surface area contributed by atoms with Crippen LogP contribution in [0.5, 0.6) is 0 Å². The van der Waals surface area contributed by atoms with E-state index < -0.39 is 90.5 Å². The molecule has 4 aromatic rings. The fraction of sp³-hybridized carbons (Fsp3) is 0.432. The van der Waals surface area contributed by atoms with Crippen molar-refractivity contribution in [2.75, 3.05) is 37.8 Å². The zero-order valence-corrected chi connectivity index (χ0v) is 38.6. The molecule has 5 rings (SSSR count). The summed E-state index contributed by atoms with van der Waals surface area (Å²) in [7, 11) is -17.7. The predicted molar refractivity (Wildman–Crippen MR) is 223 cm³/mol. The van der Waals surface area contributed by atoms with E-state index in [0.717, 1.165) is 29.0 Å². The maximum absolute atomic E-state index is 12.9. The summed E-state index contributed by atoms with van der Waals surface area (Å²) in [5.41, 5.74) is 5.64. The summed E-state index contributed by atoms with van der Waals surface area (Å²) in [6.45, 7) is 1.61. The molecule has 1 aliphatic rings. The Balaban J connectivity index is 1.02. The second kappa shape index (κ2) is 22.2. The Kier molecular flexibility index (Phi) is 17.7. The molecule has 66 heavy (non-hydrogen) atoms. The first-order valence-electron chi connectivity index (χ1n) is 19.6. The van der Waals surface area contributed by atoms with Crippen LogP contribution >= 0.6 is 35.2 Å². The maximum atomic E-state index is 12.9. The molecule has 25 nitrogen and oxygen atoms in total. The van der Waals surface area contributed by atoms with Crippen molar-refractivity contribution in [1.29, 1.82) is 0 Å². The number of aliphatic hydroxyl groups is 2. The van der Waals surface area contributed by atoms with Crippen LogP contribution in [-0.4, -0.2) is 109 Å². The monoisotopic (exact) mass is 999 g/mol. The third-order valence-corrected chi connectivity index (χ3v) is 13.8. The zero-order valence-electron chi connectivity index (χ0n) is 35.1. The topological polar surface area (TPSA) is 392 Å². The minimum Gasteiger partial charge on any atom is -0.790 e. The van der Waals surface area contributed by atoms with Crippen LogP contribution in [0.2, 0.25) is 0 Å². The van der Waals surface area contributed by atoms with E-state index in [1.807, 2.05) is 0 Å². The maximum Gasteiger partial charge on any atom is 0.274 e. The molecular formula is C37H44N7O18P3S-4. The van der Waals surface area contributed by atoms with E-state index in [-0.39, 0.29) is 53.1 Å². The molecule has 2 aromatic heterocycles. The van der Waals surface area contributed by atoms with Crippen molar-refractivity contribution in [3.8, 4) is 0 Å². The molecule has 0 spiro atoms. The molecule has 0 radical (unpaired) electrons. The number of amides is 2. The highest BCUT2D eigenvalue weighted by molar-refractivity contribution is 8.13. The van der Waals surface area contributed by atoms with Gasteiger partial charge in [-0.2, -0.15) is 0 Å². The minimum absolute atomic E-state index is 0.0296. The van der Waals surface area contributed by atoms with E-state index in [1.54, 1.807) is 61.5 Å². The van der Waals surface area contributed by atoms with Crippen molar-refractivity contribution < 1.29 is 85.3 Å². The number of phosphoric ester groups is 3. The molecule has 8 atom stereocenters. The minimum atomic E-state index is -5.94. The number of anilines is 1. The first-order valence-corrected chi connectivity index (χ1v) is 24.9. The lowest BCUT2D eigenvalue weighted by Gasteiger charge is -2.36. The molecule has 7 unspecified atom stereocenters. The Hall–Kier alpha value is -4.33. The summed E-state index contributed by atoms with van der Waals surface area (Å²) in [5.74, 6) is -2.13. The zero-order chi connectivity index (χ0) is 48.6. The number of hydrogen-bond acceptors (Lipinski definition) is 23. The first-order chi connectivity index (χ1) is 30.9. The van der Waals surface area contributed by atoms with E-state index in [9.17, 15) is 62.7 Å².